The number of benzene rings is 1. The smallest absolute Gasteiger partial charge is 0.254 e. The molecule has 2 heterocycles. The summed E-state index contributed by atoms with van der Waals surface area (Å²) in [5.74, 6) is 0.323. The molecule has 2 aromatic rings. The first kappa shape index (κ1) is 22.4. The highest BCUT2D eigenvalue weighted by Gasteiger charge is 2.30. The molecule has 1 atom stereocenters. The number of rotatable bonds is 8. The van der Waals surface area contributed by atoms with Crippen molar-refractivity contribution < 1.29 is 14.4 Å². The third-order valence-corrected chi connectivity index (χ3v) is 6.06. The largest absolute Gasteiger partial charge is 0.356 e. The molecule has 2 amide bonds. The predicted molar refractivity (Wildman–Crippen MR) is 120 cm³/mol. The molecule has 1 aliphatic heterocycles. The van der Waals surface area contributed by atoms with Crippen molar-refractivity contribution in [2.45, 2.75) is 45.6 Å². The number of carbonyl (C=O) groups excluding carboxylic acids is 3. The number of nitriles is 1. The minimum atomic E-state index is -0.368. The second-order valence-corrected chi connectivity index (χ2v) is 8.70. The molecule has 9 nitrogen and oxygen atoms in total. The summed E-state index contributed by atoms with van der Waals surface area (Å²) in [4.78, 5) is 53.4. The van der Waals surface area contributed by atoms with Crippen molar-refractivity contribution in [2.24, 2.45) is 11.8 Å². The Labute approximate surface area is 190 Å². The van der Waals surface area contributed by atoms with Gasteiger partial charge in [0, 0.05) is 36.9 Å². The van der Waals surface area contributed by atoms with E-state index in [1.165, 1.54) is 10.6 Å². The second-order valence-electron chi connectivity index (χ2n) is 8.70. The Hall–Kier alpha value is -3.80. The normalized spacial score (nSPS) is 17.3. The number of carbonyl (C=O) groups is 3. The lowest BCUT2D eigenvalue weighted by Crippen LogP contribution is -2.27. The zero-order valence-electron chi connectivity index (χ0n) is 18.4. The molecular formula is C24H25N5O4. The van der Waals surface area contributed by atoms with Crippen molar-refractivity contribution in [2.75, 3.05) is 11.9 Å². The molecule has 2 N–H and O–H groups in total. The summed E-state index contributed by atoms with van der Waals surface area (Å²) < 4.78 is 1.33. The number of ketones is 1. The van der Waals surface area contributed by atoms with Gasteiger partial charge in [-0.25, -0.2) is 4.98 Å². The lowest BCUT2D eigenvalue weighted by molar-refractivity contribution is -0.121. The Morgan fingerprint density at radius 2 is 2.06 bits per heavy atom. The van der Waals surface area contributed by atoms with Gasteiger partial charge in [0.15, 0.2) is 5.78 Å². The average Bonchev–Trinajstić information content (AvgIpc) is 3.56. The molecule has 2 fully saturated rings. The molecule has 1 aromatic carbocycles. The monoisotopic (exact) mass is 447 g/mol. The van der Waals surface area contributed by atoms with Crippen LogP contribution < -0.4 is 16.2 Å². The van der Waals surface area contributed by atoms with Gasteiger partial charge >= 0.3 is 0 Å². The van der Waals surface area contributed by atoms with Crippen molar-refractivity contribution in [3.05, 3.63) is 46.0 Å². The lowest BCUT2D eigenvalue weighted by Gasteiger charge is -2.14. The van der Waals surface area contributed by atoms with Gasteiger partial charge in [-0.1, -0.05) is 0 Å². The zero-order chi connectivity index (χ0) is 23.5. The Morgan fingerprint density at radius 3 is 2.70 bits per heavy atom. The molecule has 2 aliphatic rings. The highest BCUT2D eigenvalue weighted by molar-refractivity contribution is 5.97. The number of aryl methyl sites for hydroxylation is 1. The fraction of sp³-hybridized carbons (Fsp3) is 0.417. The maximum absolute atomic E-state index is 12.8. The van der Waals surface area contributed by atoms with E-state index in [9.17, 15) is 24.4 Å². The summed E-state index contributed by atoms with van der Waals surface area (Å²) in [5, 5.41) is 14.8. The van der Waals surface area contributed by atoms with Gasteiger partial charge in [-0.3, -0.25) is 23.7 Å². The topological polar surface area (TPSA) is 134 Å². The molecule has 1 saturated heterocycles. The van der Waals surface area contributed by atoms with Crippen LogP contribution in [-0.4, -0.2) is 33.7 Å². The maximum Gasteiger partial charge on any atom is 0.254 e. The van der Waals surface area contributed by atoms with Crippen LogP contribution in [0.4, 0.5) is 5.69 Å². The van der Waals surface area contributed by atoms with Gasteiger partial charge in [0.2, 0.25) is 11.8 Å². The van der Waals surface area contributed by atoms with Gasteiger partial charge < -0.3 is 10.6 Å². The minimum absolute atomic E-state index is 0.00907. The van der Waals surface area contributed by atoms with Gasteiger partial charge in [-0.05, 0) is 50.3 Å². The molecule has 1 aliphatic carbocycles. The minimum Gasteiger partial charge on any atom is -0.356 e. The Kier molecular flexibility index (Phi) is 6.36. The highest BCUT2D eigenvalue weighted by atomic mass is 16.2. The van der Waals surface area contributed by atoms with Crippen LogP contribution in [0.2, 0.25) is 0 Å². The number of hydrogen-bond donors (Lipinski definition) is 2. The van der Waals surface area contributed by atoms with E-state index in [4.69, 9.17) is 0 Å². The Balaban J connectivity index is 1.52. The third-order valence-electron chi connectivity index (χ3n) is 6.06. The van der Waals surface area contributed by atoms with Gasteiger partial charge in [-0.15, -0.1) is 0 Å². The fourth-order valence-electron chi connectivity index (χ4n) is 3.96. The predicted octanol–water partition coefficient (Wildman–Crippen LogP) is 1.92. The van der Waals surface area contributed by atoms with Gasteiger partial charge in [0.05, 0.1) is 29.6 Å². The van der Waals surface area contributed by atoms with E-state index in [2.05, 4.69) is 21.7 Å². The Morgan fingerprint density at radius 1 is 1.27 bits per heavy atom. The second kappa shape index (κ2) is 9.36. The van der Waals surface area contributed by atoms with E-state index in [1.54, 1.807) is 25.1 Å². The van der Waals surface area contributed by atoms with E-state index in [1.807, 2.05) is 0 Å². The number of aromatic nitrogens is 2. The van der Waals surface area contributed by atoms with Crippen LogP contribution in [0.3, 0.4) is 0 Å². The summed E-state index contributed by atoms with van der Waals surface area (Å²) >= 11 is 0. The molecule has 170 valence electrons. The summed E-state index contributed by atoms with van der Waals surface area (Å²) in [5.41, 5.74) is 1.37. The molecule has 0 spiro atoms. The first-order valence-corrected chi connectivity index (χ1v) is 11.1. The summed E-state index contributed by atoms with van der Waals surface area (Å²) in [6, 6.07) is 8.24. The van der Waals surface area contributed by atoms with E-state index in [0.717, 1.165) is 12.8 Å². The number of anilines is 1. The standard InChI is InChI=1S/C24H25N5O4/c1-14-27-21(19-7-3-15(11-25)8-20(19)28-24(33)17-4-5-17)10-23(32)29(14)13-18(30)6-2-16-9-22(31)26-12-16/h3,7-8,10,16-17H,2,4-6,9,12-13H2,1H3,(H,26,31)(H,28,33). The quantitative estimate of drug-likeness (QED) is 0.635. The van der Waals surface area contributed by atoms with Crippen molar-refractivity contribution in [3.63, 3.8) is 0 Å². The van der Waals surface area contributed by atoms with Gasteiger partial charge in [-0.2, -0.15) is 5.26 Å². The van der Waals surface area contributed by atoms with Crippen LogP contribution in [0.5, 0.6) is 0 Å². The van der Waals surface area contributed by atoms with Crippen molar-refractivity contribution in [3.8, 4) is 17.3 Å². The highest BCUT2D eigenvalue weighted by Crippen LogP contribution is 2.33. The fourth-order valence-corrected chi connectivity index (χ4v) is 3.96. The number of amides is 2. The van der Waals surface area contributed by atoms with Crippen LogP contribution in [-0.2, 0) is 20.9 Å². The summed E-state index contributed by atoms with van der Waals surface area (Å²) in [6.07, 6.45) is 3.02. The summed E-state index contributed by atoms with van der Waals surface area (Å²) in [7, 11) is 0. The third kappa shape index (κ3) is 5.34. The number of Topliss-reactive ketones (excluding diaryl/α,β-unsaturated/α-hetero) is 1. The first-order valence-electron chi connectivity index (χ1n) is 11.1. The lowest BCUT2D eigenvalue weighted by atomic mass is 10.0. The van der Waals surface area contributed by atoms with E-state index >= 15 is 0 Å². The van der Waals surface area contributed by atoms with Crippen LogP contribution in [0.1, 0.15) is 43.5 Å². The molecule has 1 saturated carbocycles. The molecule has 4 rings (SSSR count). The van der Waals surface area contributed by atoms with Crippen LogP contribution in [0, 0.1) is 30.1 Å². The molecule has 0 bridgehead atoms. The molecule has 33 heavy (non-hydrogen) atoms. The van der Waals surface area contributed by atoms with Crippen molar-refractivity contribution in [1.29, 1.82) is 5.26 Å². The van der Waals surface area contributed by atoms with E-state index in [-0.39, 0.29) is 41.5 Å². The SMILES string of the molecule is Cc1nc(-c2ccc(C#N)cc2NC(=O)C2CC2)cc(=O)n1CC(=O)CCC1CNC(=O)C1. The number of hydrogen-bond acceptors (Lipinski definition) is 6. The number of nitrogens with zero attached hydrogens (tertiary/aromatic N) is 3. The summed E-state index contributed by atoms with van der Waals surface area (Å²) in [6.45, 7) is 2.17. The van der Waals surface area contributed by atoms with Crippen LogP contribution in [0.15, 0.2) is 29.1 Å². The van der Waals surface area contributed by atoms with Gasteiger partial charge in [0.1, 0.15) is 5.82 Å². The van der Waals surface area contributed by atoms with E-state index in [0.29, 0.717) is 54.1 Å². The Bertz CT molecular complexity index is 1220. The molecule has 1 aromatic heterocycles. The van der Waals surface area contributed by atoms with E-state index < -0.39 is 0 Å². The first-order chi connectivity index (χ1) is 15.8. The zero-order valence-corrected chi connectivity index (χ0v) is 18.4. The molecule has 0 radical (unpaired) electrons. The van der Waals surface area contributed by atoms with Crippen molar-refractivity contribution in [1.82, 2.24) is 14.9 Å². The van der Waals surface area contributed by atoms with Crippen molar-refractivity contribution >= 4 is 23.3 Å². The number of nitrogens with one attached hydrogen (secondary N) is 2. The average molecular weight is 447 g/mol. The molecular weight excluding hydrogens is 422 g/mol. The maximum atomic E-state index is 12.8. The van der Waals surface area contributed by atoms with Gasteiger partial charge in [0.25, 0.3) is 5.56 Å². The molecule has 9 heteroatoms. The van der Waals surface area contributed by atoms with Crippen LogP contribution >= 0.6 is 0 Å². The van der Waals surface area contributed by atoms with Crippen LogP contribution in [0.25, 0.3) is 11.3 Å². The molecule has 1 unspecified atom stereocenters.